The van der Waals surface area contributed by atoms with Gasteiger partial charge in [-0.15, -0.1) is 0 Å². The molecule has 0 aromatic heterocycles. The zero-order chi connectivity index (χ0) is 13.3. The maximum Gasteiger partial charge on any atom is 0.181 e. The molecule has 0 aliphatic heterocycles. The van der Waals surface area contributed by atoms with Crippen LogP contribution in [0.25, 0.3) is 0 Å². The van der Waals surface area contributed by atoms with E-state index in [2.05, 4.69) is 5.32 Å². The van der Waals surface area contributed by atoms with Crippen LogP contribution in [0, 0.1) is 12.8 Å². The van der Waals surface area contributed by atoms with Crippen molar-refractivity contribution in [3.63, 3.8) is 0 Å². The molecule has 3 nitrogen and oxygen atoms in total. The Bertz CT molecular complexity index is 524. The summed E-state index contributed by atoms with van der Waals surface area (Å²) in [6.07, 6.45) is 1.69. The molecule has 0 spiro atoms. The standard InChI is InChI=1S/C14H21NO2S/c1-10-5-4-6-12(9-10)18(16,17)14-8-7-13(15-3)11(14)2/h4-6,9,11,13-15H,7-8H2,1-3H3. The van der Waals surface area contributed by atoms with E-state index in [0.29, 0.717) is 10.9 Å². The number of rotatable bonds is 3. The molecular formula is C14H21NO2S. The van der Waals surface area contributed by atoms with Crippen molar-refractivity contribution in [1.82, 2.24) is 5.32 Å². The lowest BCUT2D eigenvalue weighted by molar-refractivity contribution is 0.453. The Morgan fingerprint density at radius 2 is 2.00 bits per heavy atom. The summed E-state index contributed by atoms with van der Waals surface area (Å²) >= 11 is 0. The lowest BCUT2D eigenvalue weighted by Gasteiger charge is -2.20. The lowest BCUT2D eigenvalue weighted by Crippen LogP contribution is -2.34. The van der Waals surface area contributed by atoms with E-state index in [0.717, 1.165) is 18.4 Å². The van der Waals surface area contributed by atoms with Crippen molar-refractivity contribution < 1.29 is 8.42 Å². The summed E-state index contributed by atoms with van der Waals surface area (Å²) in [7, 11) is -1.29. The maximum atomic E-state index is 12.6. The molecule has 0 amide bonds. The summed E-state index contributed by atoms with van der Waals surface area (Å²) in [5.41, 5.74) is 0.992. The number of aryl methyl sites for hydroxylation is 1. The first kappa shape index (κ1) is 13.6. The van der Waals surface area contributed by atoms with Crippen molar-refractivity contribution in [3.05, 3.63) is 29.8 Å². The van der Waals surface area contributed by atoms with E-state index in [1.54, 1.807) is 12.1 Å². The quantitative estimate of drug-likeness (QED) is 0.913. The fraction of sp³-hybridized carbons (Fsp3) is 0.571. The van der Waals surface area contributed by atoms with E-state index in [4.69, 9.17) is 0 Å². The number of nitrogens with one attached hydrogen (secondary N) is 1. The first-order chi connectivity index (χ1) is 8.46. The zero-order valence-corrected chi connectivity index (χ0v) is 12.0. The number of hydrogen-bond donors (Lipinski definition) is 1. The van der Waals surface area contributed by atoms with Gasteiger partial charge < -0.3 is 5.32 Å². The molecular weight excluding hydrogens is 246 g/mol. The monoisotopic (exact) mass is 267 g/mol. The Kier molecular flexibility index (Phi) is 3.78. The molecule has 4 heteroatoms. The van der Waals surface area contributed by atoms with Crippen molar-refractivity contribution in [2.75, 3.05) is 7.05 Å². The van der Waals surface area contributed by atoms with Gasteiger partial charge in [-0.25, -0.2) is 8.42 Å². The Morgan fingerprint density at radius 1 is 1.28 bits per heavy atom. The fourth-order valence-electron chi connectivity index (χ4n) is 2.94. The van der Waals surface area contributed by atoms with Gasteiger partial charge >= 0.3 is 0 Å². The van der Waals surface area contributed by atoms with Gasteiger partial charge in [0.05, 0.1) is 10.1 Å². The predicted octanol–water partition coefficient (Wildman–Crippen LogP) is 2.16. The van der Waals surface area contributed by atoms with Gasteiger partial charge in [0, 0.05) is 6.04 Å². The van der Waals surface area contributed by atoms with Crippen LogP contribution < -0.4 is 5.32 Å². The Balaban J connectivity index is 2.33. The number of hydrogen-bond acceptors (Lipinski definition) is 3. The van der Waals surface area contributed by atoms with Gasteiger partial charge in [-0.2, -0.15) is 0 Å². The predicted molar refractivity (Wildman–Crippen MR) is 73.4 cm³/mol. The van der Waals surface area contributed by atoms with Gasteiger partial charge in [-0.05, 0) is 50.4 Å². The maximum absolute atomic E-state index is 12.6. The summed E-state index contributed by atoms with van der Waals surface area (Å²) in [4.78, 5) is 0.469. The molecule has 18 heavy (non-hydrogen) atoms. The molecule has 1 N–H and O–H groups in total. The van der Waals surface area contributed by atoms with Crippen LogP contribution in [0.15, 0.2) is 29.2 Å². The minimum absolute atomic E-state index is 0.167. The summed E-state index contributed by atoms with van der Waals surface area (Å²) in [6, 6.07) is 7.54. The zero-order valence-electron chi connectivity index (χ0n) is 11.2. The van der Waals surface area contributed by atoms with Gasteiger partial charge in [0.2, 0.25) is 0 Å². The molecule has 1 aliphatic carbocycles. The highest BCUT2D eigenvalue weighted by Gasteiger charge is 2.40. The average molecular weight is 267 g/mol. The minimum Gasteiger partial charge on any atom is -0.317 e. The third-order valence-corrected chi connectivity index (χ3v) is 6.44. The first-order valence-corrected chi connectivity index (χ1v) is 7.99. The van der Waals surface area contributed by atoms with Crippen LogP contribution in [-0.4, -0.2) is 26.8 Å². The fourth-order valence-corrected chi connectivity index (χ4v) is 5.11. The summed E-state index contributed by atoms with van der Waals surface area (Å²) in [5.74, 6) is 0.167. The summed E-state index contributed by atoms with van der Waals surface area (Å²) in [6.45, 7) is 3.96. The average Bonchev–Trinajstić information content (AvgIpc) is 2.71. The van der Waals surface area contributed by atoms with Crippen LogP contribution in [0.5, 0.6) is 0 Å². The molecule has 3 atom stereocenters. The molecule has 1 aromatic carbocycles. The number of benzene rings is 1. The molecule has 0 saturated heterocycles. The third kappa shape index (κ3) is 2.31. The van der Waals surface area contributed by atoms with Crippen LogP contribution in [0.4, 0.5) is 0 Å². The van der Waals surface area contributed by atoms with Gasteiger partial charge in [0.15, 0.2) is 9.84 Å². The molecule has 3 unspecified atom stereocenters. The Morgan fingerprint density at radius 3 is 2.56 bits per heavy atom. The largest absolute Gasteiger partial charge is 0.317 e. The topological polar surface area (TPSA) is 46.2 Å². The van der Waals surface area contributed by atoms with E-state index < -0.39 is 9.84 Å². The van der Waals surface area contributed by atoms with E-state index in [1.165, 1.54) is 0 Å². The van der Waals surface area contributed by atoms with Crippen LogP contribution in [0.2, 0.25) is 0 Å². The smallest absolute Gasteiger partial charge is 0.181 e. The third-order valence-electron chi connectivity index (χ3n) is 4.07. The first-order valence-electron chi connectivity index (χ1n) is 6.44. The SMILES string of the molecule is CNC1CCC(S(=O)(=O)c2cccc(C)c2)C1C. The molecule has 0 radical (unpaired) electrons. The highest BCUT2D eigenvalue weighted by Crippen LogP contribution is 2.34. The highest BCUT2D eigenvalue weighted by atomic mass is 32.2. The number of sulfone groups is 1. The Hall–Kier alpha value is -0.870. The minimum atomic E-state index is -3.19. The van der Waals surface area contributed by atoms with E-state index >= 15 is 0 Å². The van der Waals surface area contributed by atoms with Crippen molar-refractivity contribution in [2.45, 2.75) is 42.9 Å². The van der Waals surface area contributed by atoms with Gasteiger partial charge in [-0.3, -0.25) is 0 Å². The van der Waals surface area contributed by atoms with Crippen LogP contribution in [0.1, 0.15) is 25.3 Å². The van der Waals surface area contributed by atoms with Gasteiger partial charge in [0.25, 0.3) is 0 Å². The van der Waals surface area contributed by atoms with Crippen LogP contribution >= 0.6 is 0 Å². The summed E-state index contributed by atoms with van der Waals surface area (Å²) < 4.78 is 25.3. The molecule has 1 fully saturated rings. The molecule has 100 valence electrons. The van der Waals surface area contributed by atoms with Gasteiger partial charge in [0.1, 0.15) is 0 Å². The molecule has 2 rings (SSSR count). The van der Waals surface area contributed by atoms with E-state index in [1.807, 2.05) is 33.0 Å². The van der Waals surface area contributed by atoms with Crippen LogP contribution in [-0.2, 0) is 9.84 Å². The highest BCUT2D eigenvalue weighted by molar-refractivity contribution is 7.92. The van der Waals surface area contributed by atoms with Gasteiger partial charge in [-0.1, -0.05) is 19.1 Å². The lowest BCUT2D eigenvalue weighted by atomic mass is 10.1. The molecule has 1 saturated carbocycles. The van der Waals surface area contributed by atoms with Crippen molar-refractivity contribution in [1.29, 1.82) is 0 Å². The summed E-state index contributed by atoms with van der Waals surface area (Å²) in [5, 5.41) is 2.96. The Labute approximate surface area is 110 Å². The molecule has 1 aromatic rings. The normalized spacial score (nSPS) is 28.5. The molecule has 1 aliphatic rings. The van der Waals surface area contributed by atoms with E-state index in [-0.39, 0.29) is 11.2 Å². The second-order valence-electron chi connectivity index (χ2n) is 5.23. The van der Waals surface area contributed by atoms with E-state index in [9.17, 15) is 8.42 Å². The molecule has 0 bridgehead atoms. The van der Waals surface area contributed by atoms with Crippen molar-refractivity contribution in [2.24, 2.45) is 5.92 Å². The van der Waals surface area contributed by atoms with Crippen molar-refractivity contribution >= 4 is 9.84 Å². The second-order valence-corrected chi connectivity index (χ2v) is 7.40. The van der Waals surface area contributed by atoms with Crippen LogP contribution in [0.3, 0.4) is 0 Å². The van der Waals surface area contributed by atoms with Crippen molar-refractivity contribution in [3.8, 4) is 0 Å². The second kappa shape index (κ2) is 5.02. The molecule has 0 heterocycles.